The Morgan fingerprint density at radius 3 is 2.67 bits per heavy atom. The van der Waals surface area contributed by atoms with Crippen molar-refractivity contribution >= 4 is 23.2 Å². The number of ether oxygens (including phenoxy) is 1. The molecule has 0 N–H and O–H groups in total. The molecule has 2 aliphatic rings. The molecule has 132 valence electrons. The van der Waals surface area contributed by atoms with Crippen LogP contribution in [0.4, 0.5) is 8.78 Å². The monoisotopic (exact) mass is 358 g/mol. The van der Waals surface area contributed by atoms with Crippen molar-refractivity contribution in [3.05, 3.63) is 22.4 Å². The van der Waals surface area contributed by atoms with Crippen molar-refractivity contribution in [3.8, 4) is 0 Å². The Kier molecular flexibility index (Phi) is 5.15. The number of morpholine rings is 1. The number of hydrogen-bond acceptors (Lipinski definition) is 4. The van der Waals surface area contributed by atoms with Crippen LogP contribution in [0.1, 0.15) is 18.4 Å². The number of likely N-dealkylation sites (tertiary alicyclic amines) is 1. The number of carbonyl (C=O) groups is 2. The summed E-state index contributed by atoms with van der Waals surface area (Å²) in [6.45, 7) is 0.998. The highest BCUT2D eigenvalue weighted by Gasteiger charge is 2.39. The summed E-state index contributed by atoms with van der Waals surface area (Å²) < 4.78 is 31.9. The number of rotatable bonds is 3. The number of alkyl halides is 2. The van der Waals surface area contributed by atoms with Gasteiger partial charge in [0, 0.05) is 32.5 Å². The number of carbonyl (C=O) groups excluding carboxylic acids is 2. The summed E-state index contributed by atoms with van der Waals surface area (Å²) in [6.07, 6.45) is -1.07. The summed E-state index contributed by atoms with van der Waals surface area (Å²) in [5.41, 5.74) is 0.956. The van der Waals surface area contributed by atoms with Crippen molar-refractivity contribution in [2.45, 2.75) is 31.3 Å². The van der Waals surface area contributed by atoms with E-state index < -0.39 is 12.0 Å². The predicted molar refractivity (Wildman–Crippen MR) is 85.1 cm³/mol. The van der Waals surface area contributed by atoms with E-state index in [0.717, 1.165) is 5.56 Å². The van der Waals surface area contributed by atoms with Crippen LogP contribution in [0.2, 0.25) is 0 Å². The van der Waals surface area contributed by atoms with Crippen molar-refractivity contribution in [1.29, 1.82) is 0 Å². The summed E-state index contributed by atoms with van der Waals surface area (Å²) in [7, 11) is 0. The zero-order chi connectivity index (χ0) is 17.2. The van der Waals surface area contributed by atoms with E-state index in [4.69, 9.17) is 4.74 Å². The van der Waals surface area contributed by atoms with Crippen molar-refractivity contribution in [2.24, 2.45) is 0 Å². The van der Waals surface area contributed by atoms with Crippen LogP contribution in [0, 0.1) is 0 Å². The van der Waals surface area contributed by atoms with Gasteiger partial charge >= 0.3 is 0 Å². The van der Waals surface area contributed by atoms with Crippen molar-refractivity contribution in [3.63, 3.8) is 0 Å². The fraction of sp³-hybridized carbons (Fsp3) is 0.625. The number of thiophene rings is 1. The maximum absolute atomic E-state index is 13.2. The fourth-order valence-corrected chi connectivity index (χ4v) is 3.63. The quantitative estimate of drug-likeness (QED) is 0.828. The average molecular weight is 358 g/mol. The minimum atomic E-state index is -2.69. The zero-order valence-corrected chi connectivity index (χ0v) is 14.1. The largest absolute Gasteiger partial charge is 0.365 e. The zero-order valence-electron chi connectivity index (χ0n) is 13.2. The molecule has 0 bridgehead atoms. The lowest BCUT2D eigenvalue weighted by Gasteiger charge is -2.37. The van der Waals surface area contributed by atoms with Crippen LogP contribution in [0.15, 0.2) is 16.8 Å². The maximum Gasteiger partial charge on any atom is 0.253 e. The van der Waals surface area contributed by atoms with E-state index in [1.807, 2.05) is 16.8 Å². The highest BCUT2D eigenvalue weighted by Crippen LogP contribution is 2.28. The number of hydrogen-bond donors (Lipinski definition) is 0. The van der Waals surface area contributed by atoms with Gasteiger partial charge in [-0.1, -0.05) is 0 Å². The summed E-state index contributed by atoms with van der Waals surface area (Å²) in [4.78, 5) is 27.9. The number of piperidine rings is 1. The van der Waals surface area contributed by atoms with Crippen LogP contribution in [-0.4, -0.2) is 66.4 Å². The van der Waals surface area contributed by atoms with Crippen molar-refractivity contribution in [2.75, 3.05) is 32.8 Å². The second kappa shape index (κ2) is 7.14. The van der Waals surface area contributed by atoms with Gasteiger partial charge in [0.15, 0.2) is 6.10 Å². The lowest BCUT2D eigenvalue weighted by atomic mass is 10.1. The standard InChI is InChI=1S/C16H20F2N2O3S/c17-16(18)2-4-19(5-3-16)15(22)13-10-20(6-7-23-13)14(21)9-12-1-8-24-11-12/h1,8,11,13H,2-7,9-10H2/t13-/m0/s1. The van der Waals surface area contributed by atoms with Gasteiger partial charge in [-0.3, -0.25) is 9.59 Å². The molecular weight excluding hydrogens is 338 g/mol. The van der Waals surface area contributed by atoms with Gasteiger partial charge in [-0.25, -0.2) is 8.78 Å². The Morgan fingerprint density at radius 2 is 2.00 bits per heavy atom. The molecule has 8 heteroatoms. The third kappa shape index (κ3) is 4.10. The van der Waals surface area contributed by atoms with Crippen molar-refractivity contribution in [1.82, 2.24) is 9.80 Å². The Bertz CT molecular complexity index is 584. The van der Waals surface area contributed by atoms with Gasteiger partial charge in [0.1, 0.15) is 0 Å². The molecular formula is C16H20F2N2O3S. The SMILES string of the molecule is O=C(Cc1ccsc1)N1CCO[C@H](C(=O)N2CCC(F)(F)CC2)C1. The van der Waals surface area contributed by atoms with Gasteiger partial charge < -0.3 is 14.5 Å². The van der Waals surface area contributed by atoms with E-state index >= 15 is 0 Å². The molecule has 1 atom stereocenters. The van der Waals surface area contributed by atoms with E-state index in [0.29, 0.717) is 13.0 Å². The first-order chi connectivity index (χ1) is 11.4. The van der Waals surface area contributed by atoms with E-state index in [1.165, 1.54) is 16.2 Å². The van der Waals surface area contributed by atoms with E-state index in [2.05, 4.69) is 0 Å². The summed E-state index contributed by atoms with van der Waals surface area (Å²) in [6, 6.07) is 1.90. The Balaban J connectivity index is 1.55. The molecule has 2 aliphatic heterocycles. The molecule has 0 aliphatic carbocycles. The fourth-order valence-electron chi connectivity index (χ4n) is 2.96. The van der Waals surface area contributed by atoms with Crippen LogP contribution >= 0.6 is 11.3 Å². The predicted octanol–water partition coefficient (Wildman–Crippen LogP) is 1.78. The molecule has 1 aromatic rings. The minimum absolute atomic E-state index is 0.0363. The third-order valence-electron chi connectivity index (χ3n) is 4.44. The number of nitrogens with zero attached hydrogens (tertiary/aromatic N) is 2. The average Bonchev–Trinajstić information content (AvgIpc) is 3.07. The van der Waals surface area contributed by atoms with Crippen molar-refractivity contribution < 1.29 is 23.1 Å². The lowest BCUT2D eigenvalue weighted by Crippen LogP contribution is -2.54. The second-order valence-electron chi connectivity index (χ2n) is 6.19. The van der Waals surface area contributed by atoms with Gasteiger partial charge in [0.05, 0.1) is 19.6 Å². The highest BCUT2D eigenvalue weighted by atomic mass is 32.1. The molecule has 2 fully saturated rings. The first-order valence-corrected chi connectivity index (χ1v) is 8.96. The Labute approximate surface area is 143 Å². The maximum atomic E-state index is 13.2. The summed E-state index contributed by atoms with van der Waals surface area (Å²) >= 11 is 1.53. The molecule has 0 aromatic carbocycles. The van der Waals surface area contributed by atoms with Gasteiger partial charge in [-0.05, 0) is 22.4 Å². The Morgan fingerprint density at radius 1 is 1.25 bits per heavy atom. The lowest BCUT2D eigenvalue weighted by molar-refractivity contribution is -0.158. The molecule has 0 saturated carbocycles. The number of halogens is 2. The van der Waals surface area contributed by atoms with Gasteiger partial charge in [-0.15, -0.1) is 0 Å². The normalized spacial score (nSPS) is 24.0. The molecule has 0 radical (unpaired) electrons. The van der Waals surface area contributed by atoms with E-state index in [9.17, 15) is 18.4 Å². The molecule has 2 amide bonds. The van der Waals surface area contributed by atoms with Gasteiger partial charge in [0.2, 0.25) is 5.91 Å². The smallest absolute Gasteiger partial charge is 0.253 e. The van der Waals surface area contributed by atoms with Crippen LogP contribution < -0.4 is 0 Å². The summed E-state index contributed by atoms with van der Waals surface area (Å²) in [5.74, 6) is -3.02. The molecule has 2 saturated heterocycles. The van der Waals surface area contributed by atoms with E-state index in [1.54, 1.807) is 4.90 Å². The first kappa shape index (κ1) is 17.3. The molecule has 3 rings (SSSR count). The van der Waals surface area contributed by atoms with E-state index in [-0.39, 0.29) is 50.9 Å². The van der Waals surface area contributed by atoms with Gasteiger partial charge in [0.25, 0.3) is 11.8 Å². The highest BCUT2D eigenvalue weighted by molar-refractivity contribution is 7.08. The summed E-state index contributed by atoms with van der Waals surface area (Å²) in [5, 5.41) is 3.84. The molecule has 3 heterocycles. The topological polar surface area (TPSA) is 49.9 Å². The molecule has 5 nitrogen and oxygen atoms in total. The van der Waals surface area contributed by atoms with Crippen LogP contribution in [0.3, 0.4) is 0 Å². The molecule has 1 aromatic heterocycles. The Hall–Kier alpha value is -1.54. The minimum Gasteiger partial charge on any atom is -0.365 e. The number of amides is 2. The first-order valence-electron chi connectivity index (χ1n) is 8.02. The van der Waals surface area contributed by atoms with Crippen LogP contribution in [0.5, 0.6) is 0 Å². The van der Waals surface area contributed by atoms with Crippen LogP contribution in [-0.2, 0) is 20.7 Å². The molecule has 24 heavy (non-hydrogen) atoms. The van der Waals surface area contributed by atoms with Gasteiger partial charge in [-0.2, -0.15) is 11.3 Å². The third-order valence-corrected chi connectivity index (χ3v) is 5.17. The molecule has 0 spiro atoms. The van der Waals surface area contributed by atoms with Crippen LogP contribution in [0.25, 0.3) is 0 Å². The second-order valence-corrected chi connectivity index (χ2v) is 6.97. The molecule has 0 unspecified atom stereocenters.